The van der Waals surface area contributed by atoms with E-state index in [-0.39, 0.29) is 23.7 Å². The van der Waals surface area contributed by atoms with E-state index in [1.807, 2.05) is 0 Å². The van der Waals surface area contributed by atoms with Gasteiger partial charge in [0.15, 0.2) is 0 Å². The predicted octanol–water partition coefficient (Wildman–Crippen LogP) is 2.95. The molecule has 1 aromatic heterocycles. The van der Waals surface area contributed by atoms with E-state index < -0.39 is 17.6 Å². The fourth-order valence-corrected chi connectivity index (χ4v) is 4.10. The molecule has 10 heteroatoms. The van der Waals surface area contributed by atoms with Crippen molar-refractivity contribution in [3.8, 4) is 0 Å². The van der Waals surface area contributed by atoms with Gasteiger partial charge in [0.2, 0.25) is 5.91 Å². The van der Waals surface area contributed by atoms with E-state index in [0.29, 0.717) is 42.6 Å². The summed E-state index contributed by atoms with van der Waals surface area (Å²) in [6.07, 6.45) is -4.57. The lowest BCUT2D eigenvalue weighted by Crippen LogP contribution is -2.50. The highest BCUT2D eigenvalue weighted by molar-refractivity contribution is 6.06. The molecule has 1 fully saturated rings. The fourth-order valence-electron chi connectivity index (χ4n) is 4.10. The van der Waals surface area contributed by atoms with E-state index in [1.165, 1.54) is 28.8 Å². The van der Waals surface area contributed by atoms with E-state index in [2.05, 4.69) is 5.32 Å². The number of hydrogen-bond acceptors (Lipinski definition) is 4. The van der Waals surface area contributed by atoms with E-state index in [0.717, 1.165) is 6.07 Å². The number of rotatable bonds is 4. The Morgan fingerprint density at radius 1 is 0.971 bits per heavy atom. The van der Waals surface area contributed by atoms with Gasteiger partial charge in [0.25, 0.3) is 11.5 Å². The first kappa shape index (κ1) is 23.5. The number of anilines is 1. The average molecular weight is 472 g/mol. The van der Waals surface area contributed by atoms with Gasteiger partial charge in [-0.3, -0.25) is 19.3 Å². The molecular weight excluding hydrogens is 449 g/mol. The third-order valence-electron chi connectivity index (χ3n) is 5.92. The van der Waals surface area contributed by atoms with Crippen LogP contribution in [0, 0.1) is 0 Å². The number of alkyl halides is 3. The van der Waals surface area contributed by atoms with Gasteiger partial charge in [-0.15, -0.1) is 0 Å². The van der Waals surface area contributed by atoms with Crippen molar-refractivity contribution in [3.63, 3.8) is 0 Å². The second kappa shape index (κ2) is 9.30. The van der Waals surface area contributed by atoms with E-state index in [4.69, 9.17) is 0 Å². The van der Waals surface area contributed by atoms with Crippen LogP contribution in [0.4, 0.5) is 18.9 Å². The smallest absolute Gasteiger partial charge is 0.336 e. The topological polar surface area (TPSA) is 74.7 Å². The van der Waals surface area contributed by atoms with Gasteiger partial charge in [-0.1, -0.05) is 30.3 Å². The Balaban J connectivity index is 1.40. The summed E-state index contributed by atoms with van der Waals surface area (Å²) < 4.78 is 40.9. The number of fused-ring (bicyclic) bond motifs is 1. The van der Waals surface area contributed by atoms with Crippen LogP contribution in [0.1, 0.15) is 15.9 Å². The summed E-state index contributed by atoms with van der Waals surface area (Å²) in [5.41, 5.74) is -0.482. The number of hydrogen-bond donors (Lipinski definition) is 1. The number of amides is 2. The monoisotopic (exact) mass is 472 g/mol. The summed E-state index contributed by atoms with van der Waals surface area (Å²) in [5.74, 6) is -0.828. The van der Waals surface area contributed by atoms with Crippen LogP contribution in [0.2, 0.25) is 0 Å². The summed E-state index contributed by atoms with van der Waals surface area (Å²) in [5, 5.41) is 3.02. The lowest BCUT2D eigenvalue weighted by atomic mass is 10.1. The molecule has 0 atom stereocenters. The quantitative estimate of drug-likeness (QED) is 0.634. The Hall–Kier alpha value is -3.66. The lowest BCUT2D eigenvalue weighted by Gasteiger charge is -2.34. The predicted molar refractivity (Wildman–Crippen MR) is 122 cm³/mol. The zero-order valence-electron chi connectivity index (χ0n) is 18.4. The molecule has 4 rings (SSSR count). The van der Waals surface area contributed by atoms with E-state index in [1.54, 1.807) is 41.1 Å². The molecular formula is C24H23F3N4O3. The summed E-state index contributed by atoms with van der Waals surface area (Å²) >= 11 is 0. The fraction of sp³-hybridized carbons (Fsp3) is 0.292. The van der Waals surface area contributed by atoms with Crippen molar-refractivity contribution < 1.29 is 22.8 Å². The number of halogens is 3. The molecule has 0 radical (unpaired) electrons. The third-order valence-corrected chi connectivity index (χ3v) is 5.92. The minimum absolute atomic E-state index is 0.0942. The zero-order valence-corrected chi connectivity index (χ0v) is 18.4. The largest absolute Gasteiger partial charge is 0.418 e. The number of para-hydroxylation sites is 2. The van der Waals surface area contributed by atoms with Crippen LogP contribution in [0.25, 0.3) is 10.9 Å². The highest BCUT2D eigenvalue weighted by atomic mass is 19.4. The molecule has 0 aliphatic carbocycles. The third kappa shape index (κ3) is 4.81. The van der Waals surface area contributed by atoms with Crippen LogP contribution in [-0.2, 0) is 18.0 Å². The first-order valence-electron chi connectivity index (χ1n) is 10.7. The molecule has 7 nitrogen and oxygen atoms in total. The molecule has 0 spiro atoms. The number of piperazine rings is 1. The number of carbonyl (C=O) groups excluding carboxylic acids is 2. The second-order valence-electron chi connectivity index (χ2n) is 8.13. The number of nitrogens with zero attached hydrogens (tertiary/aromatic N) is 3. The lowest BCUT2D eigenvalue weighted by molar-refractivity contribution is -0.137. The summed E-state index contributed by atoms with van der Waals surface area (Å²) in [6, 6.07) is 13.3. The first-order chi connectivity index (χ1) is 16.1. The minimum Gasteiger partial charge on any atom is -0.336 e. The molecule has 3 aromatic rings. The molecule has 0 bridgehead atoms. The first-order valence-corrected chi connectivity index (χ1v) is 10.7. The van der Waals surface area contributed by atoms with Crippen molar-refractivity contribution >= 4 is 28.4 Å². The number of aromatic nitrogens is 1. The van der Waals surface area contributed by atoms with Gasteiger partial charge in [-0.2, -0.15) is 13.2 Å². The Bertz CT molecular complexity index is 1290. The van der Waals surface area contributed by atoms with Gasteiger partial charge in [-0.05, 0) is 18.2 Å². The highest BCUT2D eigenvalue weighted by Crippen LogP contribution is 2.34. The number of nitrogens with one attached hydrogen (secondary N) is 1. The summed E-state index contributed by atoms with van der Waals surface area (Å²) in [7, 11) is 1.65. The molecule has 178 valence electrons. The number of aryl methyl sites for hydroxylation is 1. The van der Waals surface area contributed by atoms with Crippen molar-refractivity contribution in [2.75, 3.05) is 38.0 Å². The maximum Gasteiger partial charge on any atom is 0.418 e. The summed E-state index contributed by atoms with van der Waals surface area (Å²) in [6.45, 7) is 1.32. The van der Waals surface area contributed by atoms with Crippen molar-refractivity contribution in [2.45, 2.75) is 6.18 Å². The molecule has 1 N–H and O–H groups in total. The van der Waals surface area contributed by atoms with E-state index >= 15 is 0 Å². The maximum atomic E-state index is 13.2. The van der Waals surface area contributed by atoms with Gasteiger partial charge >= 0.3 is 6.18 Å². The van der Waals surface area contributed by atoms with Crippen molar-refractivity contribution in [2.24, 2.45) is 7.05 Å². The van der Waals surface area contributed by atoms with E-state index in [9.17, 15) is 27.6 Å². The van der Waals surface area contributed by atoms with Crippen molar-refractivity contribution in [1.29, 1.82) is 0 Å². The number of pyridine rings is 1. The van der Waals surface area contributed by atoms with Crippen LogP contribution >= 0.6 is 0 Å². The Morgan fingerprint density at radius 2 is 1.62 bits per heavy atom. The van der Waals surface area contributed by atoms with Gasteiger partial charge in [0, 0.05) is 44.7 Å². The summed E-state index contributed by atoms with van der Waals surface area (Å²) in [4.78, 5) is 41.2. The zero-order chi connectivity index (χ0) is 24.5. The van der Waals surface area contributed by atoms with Crippen LogP contribution in [0.3, 0.4) is 0 Å². The molecule has 34 heavy (non-hydrogen) atoms. The van der Waals surface area contributed by atoms with Gasteiger partial charge in [-0.25, -0.2) is 0 Å². The van der Waals surface area contributed by atoms with Crippen LogP contribution in [-0.4, -0.2) is 58.9 Å². The molecule has 0 unspecified atom stereocenters. The molecule has 2 aromatic carbocycles. The van der Waals surface area contributed by atoms with Crippen LogP contribution in [0.15, 0.2) is 59.4 Å². The Morgan fingerprint density at radius 3 is 2.32 bits per heavy atom. The average Bonchev–Trinajstić information content (AvgIpc) is 2.81. The maximum absolute atomic E-state index is 13.2. The van der Waals surface area contributed by atoms with Crippen LogP contribution < -0.4 is 10.9 Å². The molecule has 2 amide bonds. The Labute approximate surface area is 193 Å². The normalized spacial score (nSPS) is 14.9. The number of carbonyl (C=O) groups is 2. The Kier molecular flexibility index (Phi) is 6.43. The number of benzene rings is 2. The van der Waals surface area contributed by atoms with Crippen molar-refractivity contribution in [3.05, 3.63) is 76.1 Å². The van der Waals surface area contributed by atoms with Crippen LogP contribution in [0.5, 0.6) is 0 Å². The molecule has 1 aliphatic heterocycles. The molecule has 1 aliphatic rings. The standard InChI is InChI=1S/C24H23F3N4O3/c1-29-20-9-5-2-6-16(20)17(14-22(29)33)23(34)31-12-10-30(11-13-31)15-21(32)28-19-8-4-3-7-18(19)24(25,26)27/h2-9,14H,10-13,15H2,1H3,(H,28,32). The molecule has 1 saturated heterocycles. The van der Waals surface area contributed by atoms with Gasteiger partial charge in [0.1, 0.15) is 0 Å². The van der Waals surface area contributed by atoms with Crippen molar-refractivity contribution in [1.82, 2.24) is 14.4 Å². The second-order valence-corrected chi connectivity index (χ2v) is 8.13. The highest BCUT2D eigenvalue weighted by Gasteiger charge is 2.33. The van der Waals surface area contributed by atoms with Gasteiger partial charge in [0.05, 0.1) is 28.9 Å². The SMILES string of the molecule is Cn1c(=O)cc(C(=O)N2CCN(CC(=O)Nc3ccccc3C(F)(F)F)CC2)c2ccccc21. The van der Waals surface area contributed by atoms with Gasteiger partial charge < -0.3 is 14.8 Å². The molecule has 2 heterocycles. The molecule has 0 saturated carbocycles. The minimum atomic E-state index is -4.57.